The highest BCUT2D eigenvalue weighted by Gasteiger charge is 2.23. The minimum atomic E-state index is -0.207. The Morgan fingerprint density at radius 3 is 2.45 bits per heavy atom. The molecule has 6 nitrogen and oxygen atoms in total. The third-order valence-corrected chi connectivity index (χ3v) is 4.16. The number of rotatable bonds is 7. The van der Waals surface area contributed by atoms with E-state index in [-0.39, 0.29) is 6.09 Å². The minimum Gasteiger partial charge on any atom is -0.450 e. The van der Waals surface area contributed by atoms with Gasteiger partial charge in [0.2, 0.25) is 0 Å². The van der Waals surface area contributed by atoms with E-state index in [9.17, 15) is 4.79 Å². The first kappa shape index (κ1) is 18.9. The molecule has 1 heterocycles. The Morgan fingerprint density at radius 2 is 1.86 bits per heavy atom. The van der Waals surface area contributed by atoms with Crippen LogP contribution in [0.1, 0.15) is 26.7 Å². The highest BCUT2D eigenvalue weighted by atomic mass is 32.2. The summed E-state index contributed by atoms with van der Waals surface area (Å²) in [7, 11) is 0. The monoisotopic (exact) mass is 330 g/mol. The van der Waals surface area contributed by atoms with Crippen LogP contribution in [0, 0.1) is 0 Å². The van der Waals surface area contributed by atoms with E-state index in [4.69, 9.17) is 9.73 Å². The van der Waals surface area contributed by atoms with Crippen molar-refractivity contribution in [3.8, 4) is 0 Å². The highest BCUT2D eigenvalue weighted by molar-refractivity contribution is 7.98. The molecule has 0 saturated carbocycles. The van der Waals surface area contributed by atoms with Crippen molar-refractivity contribution in [2.75, 3.05) is 57.9 Å². The SMILES string of the molecule is CCNC(=NCCCCSC)N1CCN(C(=O)OCC)CC1. The van der Waals surface area contributed by atoms with E-state index in [1.807, 2.05) is 18.7 Å². The maximum absolute atomic E-state index is 11.7. The second-order valence-corrected chi connectivity index (χ2v) is 6.09. The van der Waals surface area contributed by atoms with Crippen LogP contribution in [0.25, 0.3) is 0 Å². The number of nitrogens with one attached hydrogen (secondary N) is 1. The molecular formula is C15H30N4O2S. The predicted molar refractivity (Wildman–Crippen MR) is 93.8 cm³/mol. The van der Waals surface area contributed by atoms with Crippen LogP contribution in [0.4, 0.5) is 4.79 Å². The van der Waals surface area contributed by atoms with Gasteiger partial charge in [0.25, 0.3) is 0 Å². The van der Waals surface area contributed by atoms with Crippen molar-refractivity contribution in [3.63, 3.8) is 0 Å². The lowest BCUT2D eigenvalue weighted by Gasteiger charge is -2.35. The van der Waals surface area contributed by atoms with Gasteiger partial charge in [0.1, 0.15) is 0 Å². The Hall–Kier alpha value is -1.11. The summed E-state index contributed by atoms with van der Waals surface area (Å²) < 4.78 is 5.05. The molecule has 0 aromatic carbocycles. The average molecular weight is 330 g/mol. The lowest BCUT2D eigenvalue weighted by molar-refractivity contribution is 0.0914. The van der Waals surface area contributed by atoms with Crippen LogP contribution >= 0.6 is 11.8 Å². The normalized spacial score (nSPS) is 15.9. The maximum atomic E-state index is 11.7. The number of aliphatic imine (C=N–C) groups is 1. The molecule has 0 aliphatic carbocycles. The van der Waals surface area contributed by atoms with Crippen LogP contribution in [0.15, 0.2) is 4.99 Å². The van der Waals surface area contributed by atoms with Crippen molar-refractivity contribution in [1.82, 2.24) is 15.1 Å². The fraction of sp³-hybridized carbons (Fsp3) is 0.867. The van der Waals surface area contributed by atoms with Crippen LogP contribution in [-0.4, -0.2) is 79.7 Å². The molecule has 1 fully saturated rings. The molecule has 128 valence electrons. The Morgan fingerprint density at radius 1 is 1.18 bits per heavy atom. The van der Waals surface area contributed by atoms with Crippen molar-refractivity contribution in [3.05, 3.63) is 0 Å². The number of unbranched alkanes of at least 4 members (excludes halogenated alkanes) is 1. The molecule has 0 aromatic rings. The highest BCUT2D eigenvalue weighted by Crippen LogP contribution is 2.05. The molecule has 0 radical (unpaired) electrons. The van der Waals surface area contributed by atoms with Gasteiger partial charge in [0.15, 0.2) is 5.96 Å². The molecule has 22 heavy (non-hydrogen) atoms. The maximum Gasteiger partial charge on any atom is 0.409 e. The molecule has 1 amide bonds. The Labute approximate surface area is 138 Å². The first-order valence-corrected chi connectivity index (χ1v) is 9.56. The number of carbonyl (C=O) groups is 1. The van der Waals surface area contributed by atoms with Crippen molar-refractivity contribution >= 4 is 23.8 Å². The summed E-state index contributed by atoms with van der Waals surface area (Å²) >= 11 is 1.88. The summed E-state index contributed by atoms with van der Waals surface area (Å²) in [5.74, 6) is 2.17. The van der Waals surface area contributed by atoms with Gasteiger partial charge in [-0.15, -0.1) is 0 Å². The van der Waals surface area contributed by atoms with Crippen LogP contribution in [0.5, 0.6) is 0 Å². The predicted octanol–water partition coefficient (Wildman–Crippen LogP) is 1.87. The molecule has 0 atom stereocenters. The molecule has 0 spiro atoms. The molecule has 7 heteroatoms. The summed E-state index contributed by atoms with van der Waals surface area (Å²) in [6.45, 7) is 9.05. The molecule has 0 unspecified atom stereocenters. The zero-order valence-corrected chi connectivity index (χ0v) is 15.0. The quantitative estimate of drug-likeness (QED) is 0.439. The largest absolute Gasteiger partial charge is 0.450 e. The van der Waals surface area contributed by atoms with Gasteiger partial charge in [-0.2, -0.15) is 11.8 Å². The summed E-state index contributed by atoms with van der Waals surface area (Å²) in [5, 5.41) is 3.35. The smallest absolute Gasteiger partial charge is 0.409 e. The van der Waals surface area contributed by atoms with Gasteiger partial charge in [-0.05, 0) is 38.7 Å². The molecule has 1 N–H and O–H groups in total. The molecular weight excluding hydrogens is 300 g/mol. The second kappa shape index (κ2) is 11.5. The second-order valence-electron chi connectivity index (χ2n) is 5.11. The number of piperazine rings is 1. The van der Waals surface area contributed by atoms with E-state index < -0.39 is 0 Å². The first-order chi connectivity index (χ1) is 10.7. The van der Waals surface area contributed by atoms with E-state index in [0.717, 1.165) is 38.6 Å². The Kier molecular flexibility index (Phi) is 9.86. The average Bonchev–Trinajstić information content (AvgIpc) is 2.54. The van der Waals surface area contributed by atoms with Gasteiger partial charge < -0.3 is 19.9 Å². The summed E-state index contributed by atoms with van der Waals surface area (Å²) in [6, 6.07) is 0. The minimum absolute atomic E-state index is 0.207. The fourth-order valence-electron chi connectivity index (χ4n) is 2.28. The van der Waals surface area contributed by atoms with Crippen LogP contribution in [0.3, 0.4) is 0 Å². The number of amides is 1. The zero-order chi connectivity index (χ0) is 16.2. The zero-order valence-electron chi connectivity index (χ0n) is 14.1. The number of guanidine groups is 1. The van der Waals surface area contributed by atoms with E-state index in [2.05, 4.69) is 23.4 Å². The van der Waals surface area contributed by atoms with Crippen molar-refractivity contribution in [2.45, 2.75) is 26.7 Å². The molecule has 1 aliphatic heterocycles. The van der Waals surface area contributed by atoms with Crippen molar-refractivity contribution in [2.24, 2.45) is 4.99 Å². The van der Waals surface area contributed by atoms with Crippen LogP contribution in [0.2, 0.25) is 0 Å². The van der Waals surface area contributed by atoms with E-state index in [1.54, 1.807) is 4.90 Å². The van der Waals surface area contributed by atoms with Gasteiger partial charge in [0, 0.05) is 39.3 Å². The summed E-state index contributed by atoms with van der Waals surface area (Å²) in [6.07, 6.45) is 4.26. The molecule has 0 bridgehead atoms. The van der Waals surface area contributed by atoms with Gasteiger partial charge in [-0.1, -0.05) is 0 Å². The van der Waals surface area contributed by atoms with Crippen molar-refractivity contribution in [1.29, 1.82) is 0 Å². The Bertz CT molecular complexity index is 344. The lowest BCUT2D eigenvalue weighted by atomic mass is 10.3. The number of hydrogen-bond acceptors (Lipinski definition) is 4. The third kappa shape index (κ3) is 6.77. The fourth-order valence-corrected chi connectivity index (χ4v) is 2.78. The summed E-state index contributed by atoms with van der Waals surface area (Å²) in [5.41, 5.74) is 0. The molecule has 1 aliphatic rings. The van der Waals surface area contributed by atoms with Gasteiger partial charge in [-0.25, -0.2) is 4.79 Å². The number of nitrogens with zero attached hydrogens (tertiary/aromatic N) is 3. The summed E-state index contributed by atoms with van der Waals surface area (Å²) in [4.78, 5) is 20.4. The van der Waals surface area contributed by atoms with Gasteiger partial charge >= 0.3 is 6.09 Å². The van der Waals surface area contributed by atoms with Gasteiger partial charge in [0.05, 0.1) is 6.61 Å². The van der Waals surface area contributed by atoms with Crippen LogP contribution in [-0.2, 0) is 4.74 Å². The molecule has 0 aromatic heterocycles. The third-order valence-electron chi connectivity index (χ3n) is 3.46. The topological polar surface area (TPSA) is 57.2 Å². The molecule has 1 rings (SSSR count). The van der Waals surface area contributed by atoms with Crippen molar-refractivity contribution < 1.29 is 9.53 Å². The van der Waals surface area contributed by atoms with E-state index in [0.29, 0.717) is 19.7 Å². The van der Waals surface area contributed by atoms with E-state index >= 15 is 0 Å². The number of hydrogen-bond donors (Lipinski definition) is 1. The van der Waals surface area contributed by atoms with Gasteiger partial charge in [-0.3, -0.25) is 4.99 Å². The van der Waals surface area contributed by atoms with Crippen LogP contribution < -0.4 is 5.32 Å². The number of thioether (sulfide) groups is 1. The standard InChI is InChI=1S/C15H30N4O2S/c1-4-16-14(17-8-6-7-13-22-3)18-9-11-19(12-10-18)15(20)21-5-2/h4-13H2,1-3H3,(H,16,17). The number of ether oxygens (including phenoxy) is 1. The lowest BCUT2D eigenvalue weighted by Crippen LogP contribution is -2.53. The molecule has 1 saturated heterocycles. The Balaban J connectivity index is 2.42. The number of carbonyl (C=O) groups excluding carboxylic acids is 1. The van der Waals surface area contributed by atoms with E-state index in [1.165, 1.54) is 12.2 Å². The first-order valence-electron chi connectivity index (χ1n) is 8.16.